The van der Waals surface area contributed by atoms with Crippen molar-refractivity contribution in [2.75, 3.05) is 23.3 Å². The summed E-state index contributed by atoms with van der Waals surface area (Å²) >= 11 is 0. The van der Waals surface area contributed by atoms with Crippen molar-refractivity contribution in [1.29, 1.82) is 0 Å². The van der Waals surface area contributed by atoms with E-state index in [4.69, 9.17) is 9.47 Å². The summed E-state index contributed by atoms with van der Waals surface area (Å²) in [6, 6.07) is 14.2. The molecule has 0 spiro atoms. The van der Waals surface area contributed by atoms with Crippen molar-refractivity contribution in [1.82, 2.24) is 0 Å². The van der Waals surface area contributed by atoms with Gasteiger partial charge in [-0.25, -0.2) is 12.8 Å². The number of sulfonamides is 1. The fourth-order valence-corrected chi connectivity index (χ4v) is 4.14. The molecule has 1 heterocycles. The predicted molar refractivity (Wildman–Crippen MR) is 114 cm³/mol. The molecule has 1 amide bonds. The molecule has 3 aromatic carbocycles. The van der Waals surface area contributed by atoms with E-state index in [0.29, 0.717) is 36.0 Å². The lowest BCUT2D eigenvalue weighted by Gasteiger charge is -2.19. The first-order valence-corrected chi connectivity index (χ1v) is 10.9. The molecule has 2 N–H and O–H groups in total. The molecular formula is C22H19FN2O5S. The number of hydrogen-bond donors (Lipinski definition) is 2. The number of ether oxygens (including phenoxy) is 2. The van der Waals surface area contributed by atoms with E-state index in [1.54, 1.807) is 37.3 Å². The van der Waals surface area contributed by atoms with Crippen molar-refractivity contribution >= 4 is 27.3 Å². The van der Waals surface area contributed by atoms with Crippen molar-refractivity contribution < 1.29 is 27.1 Å². The predicted octanol–water partition coefficient (Wildman–Crippen LogP) is 3.96. The van der Waals surface area contributed by atoms with Gasteiger partial charge < -0.3 is 14.8 Å². The van der Waals surface area contributed by atoms with Crippen molar-refractivity contribution in [3.05, 3.63) is 77.6 Å². The van der Waals surface area contributed by atoms with Crippen LogP contribution in [0.3, 0.4) is 0 Å². The number of carbonyl (C=O) groups excluding carboxylic acids is 1. The third-order valence-electron chi connectivity index (χ3n) is 4.67. The van der Waals surface area contributed by atoms with Crippen molar-refractivity contribution in [2.45, 2.75) is 11.8 Å². The quantitative estimate of drug-likeness (QED) is 0.624. The summed E-state index contributed by atoms with van der Waals surface area (Å²) in [5.74, 6) is 0.199. The Hall–Kier alpha value is -3.59. The van der Waals surface area contributed by atoms with Gasteiger partial charge in [-0.3, -0.25) is 9.52 Å². The molecule has 1 aliphatic rings. The normalized spacial score (nSPS) is 12.8. The van der Waals surface area contributed by atoms with Gasteiger partial charge in [0.15, 0.2) is 11.5 Å². The van der Waals surface area contributed by atoms with Gasteiger partial charge in [0.1, 0.15) is 19.0 Å². The molecule has 0 saturated heterocycles. The number of fused-ring (bicyclic) bond motifs is 1. The number of nitrogens with one attached hydrogen (secondary N) is 2. The Morgan fingerprint density at radius 1 is 0.935 bits per heavy atom. The molecular weight excluding hydrogens is 423 g/mol. The Kier molecular flexibility index (Phi) is 5.51. The van der Waals surface area contributed by atoms with Crippen LogP contribution in [0.15, 0.2) is 65.6 Å². The molecule has 0 aromatic heterocycles. The third kappa shape index (κ3) is 4.61. The van der Waals surface area contributed by atoms with E-state index in [9.17, 15) is 17.6 Å². The average Bonchev–Trinajstić information content (AvgIpc) is 2.75. The Balaban J connectivity index is 1.54. The first kappa shape index (κ1) is 20.7. The molecule has 7 nitrogen and oxygen atoms in total. The maximum atomic E-state index is 13.1. The molecule has 0 unspecified atom stereocenters. The summed E-state index contributed by atoms with van der Waals surface area (Å²) in [5, 5.41) is 2.76. The number of benzene rings is 3. The zero-order valence-corrected chi connectivity index (χ0v) is 17.3. The Labute approximate surface area is 178 Å². The van der Waals surface area contributed by atoms with Gasteiger partial charge in [-0.15, -0.1) is 0 Å². The van der Waals surface area contributed by atoms with Crippen LogP contribution < -0.4 is 19.5 Å². The minimum absolute atomic E-state index is 0.0839. The molecule has 0 fully saturated rings. The average molecular weight is 442 g/mol. The van der Waals surface area contributed by atoms with E-state index in [0.717, 1.165) is 12.1 Å². The molecule has 0 atom stereocenters. The zero-order chi connectivity index (χ0) is 22.0. The van der Waals surface area contributed by atoms with Crippen LogP contribution in [0.4, 0.5) is 15.8 Å². The second-order valence-corrected chi connectivity index (χ2v) is 8.58. The first-order valence-electron chi connectivity index (χ1n) is 9.42. The highest BCUT2D eigenvalue weighted by molar-refractivity contribution is 7.92. The van der Waals surface area contributed by atoms with Crippen molar-refractivity contribution in [2.24, 2.45) is 0 Å². The minimum atomic E-state index is -3.94. The van der Waals surface area contributed by atoms with Crippen LogP contribution in [0.2, 0.25) is 0 Å². The highest BCUT2D eigenvalue weighted by atomic mass is 32.2. The van der Waals surface area contributed by atoms with Gasteiger partial charge in [-0.2, -0.15) is 0 Å². The SMILES string of the molecule is Cc1ccc(C(=O)Nc2ccc3c(c2)OCCO3)cc1NS(=O)(=O)c1ccc(F)cc1. The van der Waals surface area contributed by atoms with Crippen LogP contribution in [-0.2, 0) is 10.0 Å². The number of anilines is 2. The topological polar surface area (TPSA) is 93.7 Å². The minimum Gasteiger partial charge on any atom is -0.486 e. The Morgan fingerprint density at radius 2 is 1.65 bits per heavy atom. The van der Waals surface area contributed by atoms with Gasteiger partial charge >= 0.3 is 0 Å². The summed E-state index contributed by atoms with van der Waals surface area (Å²) in [5.41, 5.74) is 1.65. The number of aryl methyl sites for hydroxylation is 1. The second kappa shape index (κ2) is 8.27. The van der Waals surface area contributed by atoms with Gasteiger partial charge in [0.25, 0.3) is 15.9 Å². The van der Waals surface area contributed by atoms with Crippen LogP contribution >= 0.6 is 0 Å². The number of carbonyl (C=O) groups is 1. The van der Waals surface area contributed by atoms with Crippen LogP contribution in [0.25, 0.3) is 0 Å². The van der Waals surface area contributed by atoms with Crippen LogP contribution in [0, 0.1) is 12.7 Å². The third-order valence-corrected chi connectivity index (χ3v) is 6.05. The van der Waals surface area contributed by atoms with Gasteiger partial charge in [0, 0.05) is 17.3 Å². The lowest BCUT2D eigenvalue weighted by molar-refractivity contribution is 0.102. The maximum absolute atomic E-state index is 13.1. The Morgan fingerprint density at radius 3 is 2.39 bits per heavy atom. The summed E-state index contributed by atoms with van der Waals surface area (Å²) in [6.07, 6.45) is 0. The first-order chi connectivity index (χ1) is 14.8. The van der Waals surface area contributed by atoms with Crippen LogP contribution in [-0.4, -0.2) is 27.5 Å². The van der Waals surface area contributed by atoms with E-state index < -0.39 is 21.7 Å². The fraction of sp³-hybridized carbons (Fsp3) is 0.136. The summed E-state index contributed by atoms with van der Waals surface area (Å²) in [4.78, 5) is 12.6. The smallest absolute Gasteiger partial charge is 0.261 e. The van der Waals surface area contributed by atoms with Gasteiger partial charge in [0.05, 0.1) is 10.6 Å². The fourth-order valence-electron chi connectivity index (χ4n) is 3.02. The Bertz CT molecular complexity index is 1240. The van der Waals surface area contributed by atoms with Crippen LogP contribution in [0.5, 0.6) is 11.5 Å². The van der Waals surface area contributed by atoms with E-state index in [2.05, 4.69) is 10.0 Å². The highest BCUT2D eigenvalue weighted by Crippen LogP contribution is 2.33. The lowest BCUT2D eigenvalue weighted by Crippen LogP contribution is -2.17. The number of hydrogen-bond acceptors (Lipinski definition) is 5. The molecule has 31 heavy (non-hydrogen) atoms. The molecule has 0 radical (unpaired) electrons. The van der Waals surface area contributed by atoms with E-state index in [1.807, 2.05) is 0 Å². The summed E-state index contributed by atoms with van der Waals surface area (Å²) in [7, 11) is -3.94. The zero-order valence-electron chi connectivity index (χ0n) is 16.5. The second-order valence-electron chi connectivity index (χ2n) is 6.90. The molecule has 3 aromatic rings. The van der Waals surface area contributed by atoms with Crippen molar-refractivity contribution in [3.8, 4) is 11.5 Å². The van der Waals surface area contributed by atoms with Gasteiger partial charge in [-0.1, -0.05) is 6.07 Å². The number of halogens is 1. The number of rotatable bonds is 5. The molecule has 0 saturated carbocycles. The summed E-state index contributed by atoms with van der Waals surface area (Å²) in [6.45, 7) is 2.61. The largest absolute Gasteiger partial charge is 0.486 e. The molecule has 0 bridgehead atoms. The molecule has 0 aliphatic carbocycles. The standard InChI is InChI=1S/C22H19FN2O5S/c1-14-2-3-15(12-19(14)25-31(27,28)18-7-4-16(23)5-8-18)22(26)24-17-6-9-20-21(13-17)30-11-10-29-20/h2-9,12-13,25H,10-11H2,1H3,(H,24,26). The van der Waals surface area contributed by atoms with Gasteiger partial charge in [-0.05, 0) is 61.0 Å². The molecule has 160 valence electrons. The number of amides is 1. The van der Waals surface area contributed by atoms with E-state index in [-0.39, 0.29) is 16.1 Å². The van der Waals surface area contributed by atoms with Gasteiger partial charge in [0.2, 0.25) is 0 Å². The van der Waals surface area contributed by atoms with E-state index >= 15 is 0 Å². The molecule has 9 heteroatoms. The summed E-state index contributed by atoms with van der Waals surface area (Å²) < 4.78 is 51.8. The monoisotopic (exact) mass is 442 g/mol. The maximum Gasteiger partial charge on any atom is 0.261 e. The van der Waals surface area contributed by atoms with E-state index in [1.165, 1.54) is 18.2 Å². The molecule has 4 rings (SSSR count). The lowest BCUT2D eigenvalue weighted by atomic mass is 10.1. The molecule has 1 aliphatic heterocycles. The van der Waals surface area contributed by atoms with Crippen LogP contribution in [0.1, 0.15) is 15.9 Å². The van der Waals surface area contributed by atoms with Crippen molar-refractivity contribution in [3.63, 3.8) is 0 Å². The highest BCUT2D eigenvalue weighted by Gasteiger charge is 2.18.